The van der Waals surface area contributed by atoms with E-state index in [1.54, 1.807) is 18.2 Å². The summed E-state index contributed by atoms with van der Waals surface area (Å²) in [5.41, 5.74) is 7.09. The second-order valence-electron chi connectivity index (χ2n) is 6.64. The Morgan fingerprint density at radius 3 is 2.63 bits per heavy atom. The standard InChI is InChI=1S/C17H27N5O3S.ClH/c1-12(18)9-10-19-17(23)8-7-16-20-14-11-13(26(24,25)21(2)3)5-6-15(14)22(16)4;/h5-6,11-12H,7-10,18H2,1-4H3,(H,19,23);1H. The van der Waals surface area contributed by atoms with Gasteiger partial charge in [0.2, 0.25) is 15.9 Å². The Morgan fingerprint density at radius 2 is 2.04 bits per heavy atom. The molecule has 0 bridgehead atoms. The lowest BCUT2D eigenvalue weighted by atomic mass is 10.2. The van der Waals surface area contributed by atoms with Gasteiger partial charge < -0.3 is 15.6 Å². The molecule has 0 aliphatic heterocycles. The average molecular weight is 418 g/mol. The summed E-state index contributed by atoms with van der Waals surface area (Å²) in [6.07, 6.45) is 1.53. The van der Waals surface area contributed by atoms with Crippen molar-refractivity contribution < 1.29 is 13.2 Å². The Balaban J connectivity index is 0.00000364. The molecule has 1 heterocycles. The first-order valence-corrected chi connectivity index (χ1v) is 9.97. The van der Waals surface area contributed by atoms with Crippen molar-refractivity contribution in [2.75, 3.05) is 20.6 Å². The van der Waals surface area contributed by atoms with Crippen LogP contribution in [0.2, 0.25) is 0 Å². The number of aryl methyl sites for hydroxylation is 2. The zero-order valence-corrected chi connectivity index (χ0v) is 17.7. The molecule has 1 aromatic heterocycles. The van der Waals surface area contributed by atoms with E-state index in [0.717, 1.165) is 17.8 Å². The highest BCUT2D eigenvalue weighted by Crippen LogP contribution is 2.21. The molecule has 2 rings (SSSR count). The van der Waals surface area contributed by atoms with E-state index < -0.39 is 10.0 Å². The summed E-state index contributed by atoms with van der Waals surface area (Å²) >= 11 is 0. The molecule has 2 aromatic rings. The van der Waals surface area contributed by atoms with Gasteiger partial charge in [-0.3, -0.25) is 4.79 Å². The number of aromatic nitrogens is 2. The van der Waals surface area contributed by atoms with E-state index in [4.69, 9.17) is 5.73 Å². The number of rotatable bonds is 8. The van der Waals surface area contributed by atoms with Gasteiger partial charge in [-0.25, -0.2) is 17.7 Å². The molecule has 0 fully saturated rings. The molecule has 152 valence electrons. The predicted octanol–water partition coefficient (Wildman–Crippen LogP) is 1.03. The molecule has 0 saturated heterocycles. The first-order chi connectivity index (χ1) is 12.1. The van der Waals surface area contributed by atoms with Crippen molar-refractivity contribution in [1.29, 1.82) is 0 Å². The molecule has 27 heavy (non-hydrogen) atoms. The molecular weight excluding hydrogens is 390 g/mol. The number of carbonyl (C=O) groups excluding carboxylic acids is 1. The van der Waals surface area contributed by atoms with Gasteiger partial charge in [0.05, 0.1) is 15.9 Å². The fraction of sp³-hybridized carbons (Fsp3) is 0.529. The third-order valence-electron chi connectivity index (χ3n) is 4.22. The zero-order valence-electron chi connectivity index (χ0n) is 16.1. The maximum absolute atomic E-state index is 12.3. The lowest BCUT2D eigenvalue weighted by molar-refractivity contribution is -0.121. The van der Waals surface area contributed by atoms with Gasteiger partial charge in [0.1, 0.15) is 5.82 Å². The SMILES string of the molecule is CC(N)CCNC(=O)CCc1nc2cc(S(=O)(=O)N(C)C)ccc2n1C.Cl. The Morgan fingerprint density at radius 1 is 1.37 bits per heavy atom. The minimum Gasteiger partial charge on any atom is -0.356 e. The van der Waals surface area contributed by atoms with E-state index in [1.165, 1.54) is 18.4 Å². The van der Waals surface area contributed by atoms with Crippen LogP contribution in [0.4, 0.5) is 0 Å². The van der Waals surface area contributed by atoms with Gasteiger partial charge in [-0.1, -0.05) is 0 Å². The summed E-state index contributed by atoms with van der Waals surface area (Å²) in [6, 6.07) is 4.94. The molecule has 1 atom stereocenters. The number of hydrogen-bond donors (Lipinski definition) is 2. The summed E-state index contributed by atoms with van der Waals surface area (Å²) in [7, 11) is 1.34. The molecule has 8 nitrogen and oxygen atoms in total. The molecular formula is C17H28ClN5O3S. The minimum absolute atomic E-state index is 0. The quantitative estimate of drug-likeness (QED) is 0.666. The lowest BCUT2D eigenvalue weighted by Gasteiger charge is -2.10. The van der Waals surface area contributed by atoms with Gasteiger partial charge in [-0.2, -0.15) is 0 Å². The van der Waals surface area contributed by atoms with Crippen molar-refractivity contribution in [1.82, 2.24) is 19.2 Å². The molecule has 1 aromatic carbocycles. The van der Waals surface area contributed by atoms with Crippen LogP contribution < -0.4 is 11.1 Å². The number of nitrogens with two attached hydrogens (primary N) is 1. The molecule has 0 spiro atoms. The maximum Gasteiger partial charge on any atom is 0.242 e. The topological polar surface area (TPSA) is 110 Å². The van der Waals surface area contributed by atoms with E-state index in [1.807, 2.05) is 18.5 Å². The van der Waals surface area contributed by atoms with Crippen molar-refractivity contribution in [2.24, 2.45) is 12.8 Å². The van der Waals surface area contributed by atoms with Crippen LogP contribution in [0.3, 0.4) is 0 Å². The number of nitrogens with zero attached hydrogens (tertiary/aromatic N) is 3. The largest absolute Gasteiger partial charge is 0.356 e. The van der Waals surface area contributed by atoms with Gasteiger partial charge >= 0.3 is 0 Å². The Bertz CT molecular complexity index is 893. The summed E-state index contributed by atoms with van der Waals surface area (Å²) in [5.74, 6) is 0.690. The number of halogens is 1. The van der Waals surface area contributed by atoms with E-state index in [2.05, 4.69) is 10.3 Å². The van der Waals surface area contributed by atoms with Gasteiger partial charge in [-0.05, 0) is 31.5 Å². The van der Waals surface area contributed by atoms with E-state index in [9.17, 15) is 13.2 Å². The molecule has 1 unspecified atom stereocenters. The van der Waals surface area contributed by atoms with Crippen LogP contribution in [-0.4, -0.2) is 54.9 Å². The second-order valence-corrected chi connectivity index (χ2v) is 8.79. The summed E-state index contributed by atoms with van der Waals surface area (Å²) < 4.78 is 27.6. The fourth-order valence-electron chi connectivity index (χ4n) is 2.58. The number of fused-ring (bicyclic) bond motifs is 1. The van der Waals surface area contributed by atoms with Gasteiger partial charge in [0, 0.05) is 46.6 Å². The van der Waals surface area contributed by atoms with Crippen LogP contribution in [-0.2, 0) is 28.3 Å². The third-order valence-corrected chi connectivity index (χ3v) is 6.03. The van der Waals surface area contributed by atoms with E-state index >= 15 is 0 Å². The summed E-state index contributed by atoms with van der Waals surface area (Å²) in [6.45, 7) is 2.46. The molecule has 0 aliphatic rings. The highest BCUT2D eigenvalue weighted by atomic mass is 35.5. The predicted molar refractivity (Wildman–Crippen MR) is 108 cm³/mol. The molecule has 3 N–H and O–H groups in total. The van der Waals surface area contributed by atoms with Crippen LogP contribution in [0.25, 0.3) is 11.0 Å². The van der Waals surface area contributed by atoms with E-state index in [0.29, 0.717) is 24.9 Å². The minimum atomic E-state index is -3.51. The van der Waals surface area contributed by atoms with Crippen molar-refractivity contribution in [3.63, 3.8) is 0 Å². The molecule has 0 radical (unpaired) electrons. The molecule has 0 aliphatic carbocycles. The van der Waals surface area contributed by atoms with Crippen molar-refractivity contribution in [2.45, 2.75) is 37.1 Å². The first kappa shape index (κ1) is 23.4. The molecule has 10 heteroatoms. The molecule has 0 saturated carbocycles. The van der Waals surface area contributed by atoms with E-state index in [-0.39, 0.29) is 29.3 Å². The van der Waals surface area contributed by atoms with Gasteiger partial charge in [0.25, 0.3) is 0 Å². The van der Waals surface area contributed by atoms with Crippen LogP contribution in [0.1, 0.15) is 25.6 Å². The highest BCUT2D eigenvalue weighted by Gasteiger charge is 2.19. The third kappa shape index (κ3) is 5.65. The van der Waals surface area contributed by atoms with Crippen molar-refractivity contribution in [3.05, 3.63) is 24.0 Å². The molecule has 1 amide bonds. The smallest absolute Gasteiger partial charge is 0.242 e. The van der Waals surface area contributed by atoms with Crippen molar-refractivity contribution >= 4 is 39.4 Å². The number of imidazole rings is 1. The number of hydrogen-bond acceptors (Lipinski definition) is 5. The van der Waals surface area contributed by atoms with Crippen LogP contribution in [0.5, 0.6) is 0 Å². The van der Waals surface area contributed by atoms with Crippen LogP contribution >= 0.6 is 12.4 Å². The maximum atomic E-state index is 12.3. The lowest BCUT2D eigenvalue weighted by Crippen LogP contribution is -2.29. The first-order valence-electron chi connectivity index (χ1n) is 8.53. The number of amides is 1. The number of carbonyl (C=O) groups is 1. The average Bonchev–Trinajstić information content (AvgIpc) is 2.88. The van der Waals surface area contributed by atoms with Crippen LogP contribution in [0.15, 0.2) is 23.1 Å². The Hall–Kier alpha value is -1.68. The summed E-state index contributed by atoms with van der Waals surface area (Å²) in [4.78, 5) is 16.6. The fourth-order valence-corrected chi connectivity index (χ4v) is 3.50. The Labute approximate surface area is 166 Å². The van der Waals surface area contributed by atoms with Crippen molar-refractivity contribution in [3.8, 4) is 0 Å². The normalized spacial score (nSPS) is 12.8. The zero-order chi connectivity index (χ0) is 19.5. The van der Waals surface area contributed by atoms with Gasteiger partial charge in [0.15, 0.2) is 0 Å². The van der Waals surface area contributed by atoms with Crippen LogP contribution in [0, 0.1) is 0 Å². The number of sulfonamides is 1. The Kier molecular flexibility index (Phi) is 8.22. The number of nitrogens with one attached hydrogen (secondary N) is 1. The second kappa shape index (κ2) is 9.50. The monoisotopic (exact) mass is 417 g/mol. The highest BCUT2D eigenvalue weighted by molar-refractivity contribution is 7.89. The number of benzene rings is 1. The van der Waals surface area contributed by atoms with Gasteiger partial charge in [-0.15, -0.1) is 12.4 Å². The summed E-state index contributed by atoms with van der Waals surface area (Å²) in [5, 5.41) is 2.84.